The van der Waals surface area contributed by atoms with Gasteiger partial charge in [0.2, 0.25) is 10.0 Å². The molecule has 0 saturated carbocycles. The highest BCUT2D eigenvalue weighted by Gasteiger charge is 2.38. The van der Waals surface area contributed by atoms with Crippen LogP contribution in [0.25, 0.3) is 27.9 Å². The average molecular weight is 479 g/mol. The Bertz CT molecular complexity index is 1430. The second-order valence-corrected chi connectivity index (χ2v) is 9.16. The van der Waals surface area contributed by atoms with Crippen molar-refractivity contribution in [2.24, 2.45) is 0 Å². The Kier molecular flexibility index (Phi) is 5.36. The molecule has 0 bridgehead atoms. The molecule has 6 nitrogen and oxygen atoms in total. The van der Waals surface area contributed by atoms with E-state index < -0.39 is 22.2 Å². The number of allylic oxidation sites excluding steroid dienone is 4. The number of hydrogen-bond acceptors (Lipinski definition) is 4. The van der Waals surface area contributed by atoms with Gasteiger partial charge in [0, 0.05) is 23.3 Å². The van der Waals surface area contributed by atoms with Gasteiger partial charge in [0.15, 0.2) is 0 Å². The predicted octanol–water partition coefficient (Wildman–Crippen LogP) is 4.87. The van der Waals surface area contributed by atoms with Gasteiger partial charge in [-0.05, 0) is 36.8 Å². The minimum Gasteiger partial charge on any atom is -0.308 e. The molecule has 0 radical (unpaired) electrons. The first kappa shape index (κ1) is 22.1. The number of fused-ring (bicyclic) bond motifs is 1. The van der Waals surface area contributed by atoms with E-state index in [9.17, 15) is 26.9 Å². The normalized spacial score (nSPS) is 14.7. The van der Waals surface area contributed by atoms with Gasteiger partial charge in [-0.2, -0.15) is 23.2 Å². The van der Waals surface area contributed by atoms with Crippen LogP contribution in [0.3, 0.4) is 0 Å². The molecule has 11 heteroatoms. The first-order chi connectivity index (χ1) is 15.0. The van der Waals surface area contributed by atoms with Crippen LogP contribution in [0.2, 0.25) is 5.15 Å². The van der Waals surface area contributed by atoms with Crippen LogP contribution >= 0.6 is 11.6 Å². The third kappa shape index (κ3) is 3.79. The molecule has 1 aromatic carbocycles. The van der Waals surface area contributed by atoms with Crippen LogP contribution in [0.4, 0.5) is 13.2 Å². The van der Waals surface area contributed by atoms with Crippen molar-refractivity contribution >= 4 is 38.2 Å². The number of rotatable bonds is 5. The first-order valence-electron chi connectivity index (χ1n) is 9.21. The van der Waals surface area contributed by atoms with E-state index in [-0.39, 0.29) is 10.0 Å². The molecule has 0 aliphatic heterocycles. The minimum absolute atomic E-state index is 0.238. The molecule has 1 aliphatic rings. The van der Waals surface area contributed by atoms with E-state index in [1.807, 2.05) is 18.2 Å². The lowest BCUT2D eigenvalue weighted by atomic mass is 10.1. The van der Waals surface area contributed by atoms with Crippen LogP contribution in [0.15, 0.2) is 59.7 Å². The molecule has 1 atom stereocenters. The number of nitrogens with one attached hydrogen (secondary N) is 1. The molecule has 2 aromatic heterocycles. The molecule has 0 amide bonds. The highest BCUT2D eigenvalue weighted by atomic mass is 35.5. The quantitative estimate of drug-likeness (QED) is 0.530. The summed E-state index contributed by atoms with van der Waals surface area (Å²) in [5.41, 5.74) is 2.72. The third-order valence-electron chi connectivity index (χ3n) is 4.98. The zero-order chi connectivity index (χ0) is 23.3. The molecule has 3 aromatic rings. The van der Waals surface area contributed by atoms with Gasteiger partial charge in [-0.3, -0.25) is 0 Å². The van der Waals surface area contributed by atoms with Crippen LogP contribution < -0.4 is 4.72 Å². The van der Waals surface area contributed by atoms with Gasteiger partial charge in [-0.15, -0.1) is 0 Å². The number of benzene rings is 1. The number of sulfonamides is 1. The lowest BCUT2D eigenvalue weighted by Gasteiger charge is -2.18. The number of alkyl halides is 3. The van der Waals surface area contributed by atoms with Crippen molar-refractivity contribution in [3.63, 3.8) is 0 Å². The highest BCUT2D eigenvalue weighted by molar-refractivity contribution is 7.89. The zero-order valence-corrected chi connectivity index (χ0v) is 17.9. The Balaban J connectivity index is 1.82. The molecule has 2 heterocycles. The summed E-state index contributed by atoms with van der Waals surface area (Å²) in [5.74, 6) is 0. The Hall–Kier alpha value is -3.13. The van der Waals surface area contributed by atoms with Crippen molar-refractivity contribution in [2.75, 3.05) is 0 Å². The van der Waals surface area contributed by atoms with E-state index in [2.05, 4.69) is 11.1 Å². The van der Waals surface area contributed by atoms with Crippen LogP contribution in [-0.4, -0.2) is 30.2 Å². The second-order valence-electron chi connectivity index (χ2n) is 7.05. The number of pyridine rings is 1. The van der Waals surface area contributed by atoms with Gasteiger partial charge < -0.3 is 4.57 Å². The minimum atomic E-state index is -4.71. The van der Waals surface area contributed by atoms with Gasteiger partial charge in [-0.25, -0.2) is 13.4 Å². The summed E-state index contributed by atoms with van der Waals surface area (Å²) in [6, 6.07) is 6.81. The molecule has 0 spiro atoms. The van der Waals surface area contributed by atoms with E-state index in [0.717, 1.165) is 12.6 Å². The van der Waals surface area contributed by atoms with Gasteiger partial charge in [0.05, 0.1) is 21.7 Å². The Morgan fingerprint density at radius 3 is 2.44 bits per heavy atom. The van der Waals surface area contributed by atoms with Crippen LogP contribution in [0.5, 0.6) is 0 Å². The number of halogens is 4. The summed E-state index contributed by atoms with van der Waals surface area (Å²) in [6.45, 7) is 0.725. The van der Waals surface area contributed by atoms with Crippen molar-refractivity contribution < 1.29 is 21.6 Å². The molecule has 32 heavy (non-hydrogen) atoms. The molecule has 164 valence electrons. The van der Waals surface area contributed by atoms with Gasteiger partial charge in [-0.1, -0.05) is 29.8 Å². The van der Waals surface area contributed by atoms with Crippen molar-refractivity contribution in [1.82, 2.24) is 14.3 Å². The Labute approximate surface area is 186 Å². The van der Waals surface area contributed by atoms with Crippen LogP contribution in [-0.2, 0) is 10.0 Å². The summed E-state index contributed by atoms with van der Waals surface area (Å²) < 4.78 is 66.4. The molecule has 1 N–H and O–H groups in total. The molecule has 0 saturated heterocycles. The van der Waals surface area contributed by atoms with E-state index in [0.29, 0.717) is 27.7 Å². The molecular weight excluding hydrogens is 465 g/mol. The summed E-state index contributed by atoms with van der Waals surface area (Å²) in [4.78, 5) is 3.72. The fraction of sp³-hybridized carbons (Fsp3) is 0.143. The Morgan fingerprint density at radius 1 is 1.25 bits per heavy atom. The van der Waals surface area contributed by atoms with Gasteiger partial charge in [0.1, 0.15) is 17.3 Å². The lowest BCUT2D eigenvalue weighted by Crippen LogP contribution is -2.42. The molecule has 1 aliphatic carbocycles. The van der Waals surface area contributed by atoms with Crippen molar-refractivity contribution in [3.8, 4) is 17.3 Å². The fourth-order valence-electron chi connectivity index (χ4n) is 3.30. The third-order valence-corrected chi connectivity index (χ3v) is 6.75. The maximum Gasteiger partial charge on any atom is 0.404 e. The monoisotopic (exact) mass is 478 g/mol. The number of hydrogen-bond donors (Lipinski definition) is 1. The zero-order valence-electron chi connectivity index (χ0n) is 16.4. The van der Waals surface area contributed by atoms with E-state index in [1.54, 1.807) is 15.4 Å². The first-order valence-corrected chi connectivity index (χ1v) is 11.1. The summed E-state index contributed by atoms with van der Waals surface area (Å²) in [7, 11) is -4.40. The second kappa shape index (κ2) is 7.78. The average Bonchev–Trinajstić information content (AvgIpc) is 2.99. The van der Waals surface area contributed by atoms with Gasteiger partial charge in [0.25, 0.3) is 0 Å². The fourth-order valence-corrected chi connectivity index (χ4v) is 4.69. The SMILES string of the molecule is CC(NS(=O)(=O)c1ccc(-c2c(C#N)c3cnc(Cl)cc3n2C2=CC=C2)cc1)C(F)(F)F. The number of nitrogens with zero attached hydrogens (tertiary/aromatic N) is 3. The summed E-state index contributed by atoms with van der Waals surface area (Å²) >= 11 is 6.05. The standard InChI is InChI=1S/C21H14ClF3N4O2S/c1-12(21(23,24)25)28-32(30,31)15-7-5-13(6-8-15)20-16(10-26)17-11-27-19(22)9-18(17)29(20)14-3-2-4-14/h2-9,11-12,28H,1H3. The maximum absolute atomic E-state index is 12.8. The predicted molar refractivity (Wildman–Crippen MR) is 114 cm³/mol. The van der Waals surface area contributed by atoms with Gasteiger partial charge >= 0.3 is 6.18 Å². The Morgan fingerprint density at radius 2 is 1.91 bits per heavy atom. The van der Waals surface area contributed by atoms with E-state index >= 15 is 0 Å². The van der Waals surface area contributed by atoms with Crippen molar-refractivity contribution in [2.45, 2.75) is 24.0 Å². The number of aromatic nitrogens is 2. The molecular formula is C21H14ClF3N4O2S. The summed E-state index contributed by atoms with van der Waals surface area (Å²) in [6.07, 6.45) is 2.26. The smallest absolute Gasteiger partial charge is 0.308 e. The van der Waals surface area contributed by atoms with Crippen molar-refractivity contribution in [1.29, 1.82) is 5.26 Å². The van der Waals surface area contributed by atoms with Crippen LogP contribution in [0.1, 0.15) is 12.5 Å². The lowest BCUT2D eigenvalue weighted by molar-refractivity contribution is -0.147. The molecule has 1 unspecified atom stereocenters. The molecule has 4 rings (SSSR count). The number of nitriles is 1. The highest BCUT2D eigenvalue weighted by Crippen LogP contribution is 2.38. The van der Waals surface area contributed by atoms with E-state index in [1.165, 1.54) is 30.5 Å². The van der Waals surface area contributed by atoms with E-state index in [4.69, 9.17) is 11.6 Å². The molecule has 0 fully saturated rings. The van der Waals surface area contributed by atoms with Crippen molar-refractivity contribution in [3.05, 3.63) is 65.5 Å². The maximum atomic E-state index is 12.8. The topological polar surface area (TPSA) is 87.8 Å². The van der Waals surface area contributed by atoms with Crippen LogP contribution in [0, 0.1) is 11.3 Å². The largest absolute Gasteiger partial charge is 0.404 e. The summed E-state index contributed by atoms with van der Waals surface area (Å²) in [5, 5.41) is 10.6.